The molecule has 1 aliphatic rings. The van der Waals surface area contributed by atoms with Gasteiger partial charge in [-0.15, -0.1) is 0 Å². The van der Waals surface area contributed by atoms with Gasteiger partial charge >= 0.3 is 0 Å². The summed E-state index contributed by atoms with van der Waals surface area (Å²) in [5.74, 6) is 0.286. The summed E-state index contributed by atoms with van der Waals surface area (Å²) in [5, 5.41) is 7.10. The molecule has 1 saturated heterocycles. The molecule has 0 amide bonds. The Morgan fingerprint density at radius 1 is 1.55 bits per heavy atom. The van der Waals surface area contributed by atoms with Crippen molar-refractivity contribution in [3.8, 4) is 0 Å². The summed E-state index contributed by atoms with van der Waals surface area (Å²) >= 11 is 0. The molecule has 1 N–H and O–H groups in total. The van der Waals surface area contributed by atoms with E-state index in [0.29, 0.717) is 26.2 Å². The first-order valence-corrected chi connectivity index (χ1v) is 8.18. The summed E-state index contributed by atoms with van der Waals surface area (Å²) in [7, 11) is 0.0703. The highest BCUT2D eigenvalue weighted by Crippen LogP contribution is 2.24. The van der Waals surface area contributed by atoms with Crippen molar-refractivity contribution < 1.29 is 13.2 Å². The normalized spacial score (nSPS) is 20.6. The molecule has 20 heavy (non-hydrogen) atoms. The summed E-state index contributed by atoms with van der Waals surface area (Å²) in [6, 6.07) is 0. The van der Waals surface area contributed by atoms with Crippen LogP contribution in [0.3, 0.4) is 0 Å². The molecule has 0 aromatic carbocycles. The van der Waals surface area contributed by atoms with Crippen molar-refractivity contribution in [2.45, 2.75) is 17.9 Å². The molecule has 1 unspecified atom stereocenters. The first kappa shape index (κ1) is 15.4. The molecule has 0 bridgehead atoms. The molecule has 1 fully saturated rings. The monoisotopic (exact) mass is 302 g/mol. The van der Waals surface area contributed by atoms with Gasteiger partial charge in [0.15, 0.2) is 0 Å². The van der Waals surface area contributed by atoms with Gasteiger partial charge in [0.2, 0.25) is 10.0 Å². The van der Waals surface area contributed by atoms with Crippen LogP contribution in [-0.4, -0.2) is 62.9 Å². The van der Waals surface area contributed by atoms with Gasteiger partial charge in [-0.25, -0.2) is 8.42 Å². The molecule has 1 aromatic rings. The molecule has 1 aromatic heterocycles. The Labute approximate surface area is 120 Å². The fourth-order valence-corrected chi connectivity index (χ4v) is 3.85. The van der Waals surface area contributed by atoms with E-state index in [-0.39, 0.29) is 10.8 Å². The fraction of sp³-hybridized carbons (Fsp3) is 0.750. The van der Waals surface area contributed by atoms with Gasteiger partial charge < -0.3 is 10.1 Å². The molecule has 2 heterocycles. The maximum absolute atomic E-state index is 12.5. The number of nitrogens with zero attached hydrogens (tertiary/aromatic N) is 3. The third-order valence-corrected chi connectivity index (χ3v) is 5.31. The van der Waals surface area contributed by atoms with Gasteiger partial charge in [0, 0.05) is 32.9 Å². The van der Waals surface area contributed by atoms with Crippen LogP contribution in [-0.2, 0) is 21.3 Å². The summed E-state index contributed by atoms with van der Waals surface area (Å²) < 4.78 is 33.2. The topological polar surface area (TPSA) is 76.5 Å². The summed E-state index contributed by atoms with van der Waals surface area (Å²) in [6.07, 6.45) is 3.87. The van der Waals surface area contributed by atoms with Crippen molar-refractivity contribution in [2.24, 2.45) is 5.92 Å². The Balaban J connectivity index is 2.05. The van der Waals surface area contributed by atoms with Gasteiger partial charge in [-0.1, -0.05) is 0 Å². The molecule has 0 saturated carbocycles. The second-order valence-electron chi connectivity index (χ2n) is 5.02. The van der Waals surface area contributed by atoms with Crippen LogP contribution in [0.15, 0.2) is 17.3 Å². The number of nitrogens with one attached hydrogen (secondary N) is 1. The zero-order chi connectivity index (χ0) is 14.6. The third kappa shape index (κ3) is 3.38. The lowest BCUT2D eigenvalue weighted by Crippen LogP contribution is -2.29. The molecule has 0 aliphatic carbocycles. The quantitative estimate of drug-likeness (QED) is 0.752. The highest BCUT2D eigenvalue weighted by atomic mass is 32.2. The lowest BCUT2D eigenvalue weighted by molar-refractivity contribution is 0.157. The Morgan fingerprint density at radius 3 is 3.05 bits per heavy atom. The molecule has 1 aliphatic heterocycles. The first-order chi connectivity index (χ1) is 9.57. The van der Waals surface area contributed by atoms with E-state index in [1.54, 1.807) is 18.0 Å². The van der Waals surface area contributed by atoms with Crippen LogP contribution in [0.5, 0.6) is 0 Å². The standard InChI is InChI=1S/C12H22N4O3S/c1-13-4-6-15-9-12(7-14-15)20(17,18)16-5-3-11(8-16)10-19-2/h7,9,11,13H,3-6,8,10H2,1-2H3. The Hall–Kier alpha value is -0.960. The number of methoxy groups -OCH3 is 1. The van der Waals surface area contributed by atoms with Crippen LogP contribution >= 0.6 is 0 Å². The van der Waals surface area contributed by atoms with Crippen LogP contribution in [0, 0.1) is 5.92 Å². The number of sulfonamides is 1. The van der Waals surface area contributed by atoms with Crippen LogP contribution in [0.2, 0.25) is 0 Å². The average molecular weight is 302 g/mol. The van der Waals surface area contributed by atoms with Crippen molar-refractivity contribution in [3.63, 3.8) is 0 Å². The number of aromatic nitrogens is 2. The maximum Gasteiger partial charge on any atom is 0.246 e. The minimum absolute atomic E-state index is 0.270. The third-order valence-electron chi connectivity index (χ3n) is 3.49. The molecular formula is C12H22N4O3S. The molecule has 1 atom stereocenters. The van der Waals surface area contributed by atoms with Crippen molar-refractivity contribution in [1.82, 2.24) is 19.4 Å². The summed E-state index contributed by atoms with van der Waals surface area (Å²) in [5.41, 5.74) is 0. The van der Waals surface area contributed by atoms with E-state index in [2.05, 4.69) is 10.4 Å². The van der Waals surface area contributed by atoms with E-state index < -0.39 is 10.0 Å². The molecule has 8 heteroatoms. The first-order valence-electron chi connectivity index (χ1n) is 6.74. The van der Waals surface area contributed by atoms with E-state index in [1.165, 1.54) is 10.5 Å². The maximum atomic E-state index is 12.5. The van der Waals surface area contributed by atoms with Gasteiger partial charge in [0.05, 0.1) is 19.3 Å². The smallest absolute Gasteiger partial charge is 0.246 e. The molecule has 114 valence electrons. The van der Waals surface area contributed by atoms with E-state index in [9.17, 15) is 8.42 Å². The number of rotatable bonds is 7. The summed E-state index contributed by atoms with van der Waals surface area (Å²) in [6.45, 7) is 3.09. The van der Waals surface area contributed by atoms with Crippen LogP contribution in [0.25, 0.3) is 0 Å². The molecule has 7 nitrogen and oxygen atoms in total. The van der Waals surface area contributed by atoms with Crippen molar-refractivity contribution in [2.75, 3.05) is 40.4 Å². The zero-order valence-corrected chi connectivity index (χ0v) is 12.8. The van der Waals surface area contributed by atoms with Gasteiger partial charge in [0.1, 0.15) is 4.90 Å². The molecule has 0 spiro atoms. The second-order valence-corrected chi connectivity index (χ2v) is 6.95. The summed E-state index contributed by atoms with van der Waals surface area (Å²) in [4.78, 5) is 0.270. The van der Waals surface area contributed by atoms with Gasteiger partial charge in [-0.3, -0.25) is 4.68 Å². The Morgan fingerprint density at radius 2 is 2.35 bits per heavy atom. The number of hydrogen-bond donors (Lipinski definition) is 1. The van der Waals surface area contributed by atoms with Gasteiger partial charge in [-0.2, -0.15) is 9.40 Å². The predicted molar refractivity (Wildman–Crippen MR) is 74.9 cm³/mol. The Kier molecular flexibility index (Phi) is 5.14. The van der Waals surface area contributed by atoms with Crippen molar-refractivity contribution >= 4 is 10.0 Å². The molecule has 0 radical (unpaired) electrons. The average Bonchev–Trinajstić information content (AvgIpc) is 3.06. The minimum Gasteiger partial charge on any atom is -0.384 e. The number of ether oxygens (including phenoxy) is 1. The minimum atomic E-state index is -3.42. The van der Waals surface area contributed by atoms with Crippen LogP contribution < -0.4 is 5.32 Å². The zero-order valence-electron chi connectivity index (χ0n) is 11.9. The van der Waals surface area contributed by atoms with E-state index in [0.717, 1.165) is 13.0 Å². The lowest BCUT2D eigenvalue weighted by Gasteiger charge is -2.15. The van der Waals surface area contributed by atoms with Crippen LogP contribution in [0.1, 0.15) is 6.42 Å². The molecule has 2 rings (SSSR count). The van der Waals surface area contributed by atoms with Gasteiger partial charge in [-0.05, 0) is 19.4 Å². The fourth-order valence-electron chi connectivity index (χ4n) is 2.36. The van der Waals surface area contributed by atoms with Crippen molar-refractivity contribution in [3.05, 3.63) is 12.4 Å². The SMILES string of the molecule is CNCCn1cc(S(=O)(=O)N2CCC(COC)C2)cn1. The van der Waals surface area contributed by atoms with Gasteiger partial charge in [0.25, 0.3) is 0 Å². The van der Waals surface area contributed by atoms with Crippen LogP contribution in [0.4, 0.5) is 0 Å². The molecular weight excluding hydrogens is 280 g/mol. The highest BCUT2D eigenvalue weighted by Gasteiger charge is 2.33. The highest BCUT2D eigenvalue weighted by molar-refractivity contribution is 7.89. The van der Waals surface area contributed by atoms with E-state index in [4.69, 9.17) is 4.74 Å². The largest absolute Gasteiger partial charge is 0.384 e. The number of hydrogen-bond acceptors (Lipinski definition) is 5. The van der Waals surface area contributed by atoms with E-state index in [1.807, 2.05) is 7.05 Å². The second kappa shape index (κ2) is 6.66. The lowest BCUT2D eigenvalue weighted by atomic mass is 10.1. The van der Waals surface area contributed by atoms with E-state index >= 15 is 0 Å². The number of likely N-dealkylation sites (N-methyl/N-ethyl adjacent to an activating group) is 1. The predicted octanol–water partition coefficient (Wildman–Crippen LogP) is -0.240. The Bertz CT molecular complexity index is 529. The van der Waals surface area contributed by atoms with Crippen molar-refractivity contribution in [1.29, 1.82) is 0 Å².